The Morgan fingerprint density at radius 2 is 1.44 bits per heavy atom. The number of fused-ring (bicyclic) bond motifs is 2. The number of Topliss-reactive ketones (excluding diaryl/α,β-unsaturated/α-hetero) is 2. The van der Waals surface area contributed by atoms with Crippen molar-refractivity contribution in [1.82, 2.24) is 9.80 Å². The largest absolute Gasteiger partial charge is 0.504 e. The van der Waals surface area contributed by atoms with Crippen LogP contribution < -0.4 is 0 Å². The lowest BCUT2D eigenvalue weighted by molar-refractivity contribution is -0.124. The zero-order valence-electron chi connectivity index (χ0n) is 35.0. The summed E-state index contributed by atoms with van der Waals surface area (Å²) in [7, 11) is 7.24. The van der Waals surface area contributed by atoms with Gasteiger partial charge in [-0.2, -0.15) is 0 Å². The number of likely N-dealkylation sites (tertiary alicyclic amines) is 2. The van der Waals surface area contributed by atoms with Crippen molar-refractivity contribution >= 4 is 57.7 Å². The van der Waals surface area contributed by atoms with E-state index >= 15 is 0 Å². The molecule has 10 nitrogen and oxygen atoms in total. The van der Waals surface area contributed by atoms with Gasteiger partial charge in [-0.25, -0.2) is 0 Å². The van der Waals surface area contributed by atoms with E-state index in [1.54, 1.807) is 30.8 Å². The number of aliphatic hydroxyl groups is 1. The average Bonchev–Trinajstić information content (AvgIpc) is 3.26. The summed E-state index contributed by atoms with van der Waals surface area (Å²) in [5.74, 6) is 12.5. The number of nitrogens with zero attached hydrogens (tertiary/aromatic N) is 2. The van der Waals surface area contributed by atoms with Gasteiger partial charge in [-0.1, -0.05) is 52.7 Å². The van der Waals surface area contributed by atoms with Crippen LogP contribution in [0.1, 0.15) is 49.0 Å². The summed E-state index contributed by atoms with van der Waals surface area (Å²) in [5, 5.41) is 34.2. The van der Waals surface area contributed by atoms with Gasteiger partial charge in [-0.05, 0) is 136 Å². The van der Waals surface area contributed by atoms with Gasteiger partial charge >= 0.3 is 0 Å². The highest BCUT2D eigenvalue weighted by atomic mass is 79.9. The van der Waals surface area contributed by atoms with Crippen molar-refractivity contribution in [3.8, 4) is 46.4 Å². The molecule has 2 unspecified atom stereocenters. The minimum atomic E-state index is -0.536. The van der Waals surface area contributed by atoms with Gasteiger partial charge in [0.2, 0.25) is 5.78 Å². The number of piperidine rings is 2. The molecule has 320 valence electrons. The fourth-order valence-corrected chi connectivity index (χ4v) is 12.2. The Labute approximate surface area is 380 Å². The summed E-state index contributed by atoms with van der Waals surface area (Å²) in [6.45, 7) is 3.36. The normalized spacial score (nSPS) is 28.8. The standard InChI is InChI=1S/C24H24BrNO4S.C18H19NO4.C7H4S/c1-26-10-9-24-12-18(28)19(30-2)11-16(24)21(26)23(31-14-5-3-13(25)4-6-14)15-7-8-17(27)22(29)20(15)24;1-19-6-5-18-9-14(21)15(23-2)8-11(18)12(19)7-10-3-4-13(20)17(22)16(10)18;1-2-3-4-5-6-7-8/h3-8,11,16,21,23,27,29H,9-10,12H2,1-2H3;3-4,7-8,11-12,22H,5-6,9H2,1-2H3;8H,1H3/t16?,21-,23-,24-;11?,12-,18+;/m10./s1. The van der Waals surface area contributed by atoms with Crippen LogP contribution >= 0.6 is 40.3 Å². The molecule has 0 saturated carbocycles. The van der Waals surface area contributed by atoms with E-state index in [-0.39, 0.29) is 76.6 Å². The van der Waals surface area contributed by atoms with Gasteiger partial charge in [0.15, 0.2) is 40.3 Å². The number of benzene rings is 2. The highest BCUT2D eigenvalue weighted by Crippen LogP contribution is 2.63. The summed E-state index contributed by atoms with van der Waals surface area (Å²) in [4.78, 5) is 43.1. The topological polar surface area (TPSA) is 137 Å². The third-order valence-electron chi connectivity index (χ3n) is 13.2. The zero-order valence-corrected chi connectivity index (χ0v) is 38.3. The van der Waals surface area contributed by atoms with Gasteiger partial charge in [0, 0.05) is 68.1 Å². The van der Waals surface area contributed by atoms with Crippen LogP contribution in [0.15, 0.2) is 105 Å². The molecular weight excluding hydrogens is 889 g/mol. The number of hydrogen-bond donors (Lipinski definition) is 4. The second kappa shape index (κ2) is 18.3. The number of thioether (sulfide) groups is 1. The van der Waals surface area contributed by atoms with Crippen molar-refractivity contribution in [3.63, 3.8) is 0 Å². The van der Waals surface area contributed by atoms with E-state index in [0.29, 0.717) is 17.1 Å². The molecule has 2 fully saturated rings. The smallest absolute Gasteiger partial charge is 0.220 e. The molecular formula is C49H47BrN2O8S2. The number of thiol groups is 1. The second-order valence-corrected chi connectivity index (χ2v) is 18.6. The summed E-state index contributed by atoms with van der Waals surface area (Å²) in [5.41, 5.74) is 2.21. The number of ketones is 3. The van der Waals surface area contributed by atoms with E-state index in [1.165, 1.54) is 20.3 Å². The van der Waals surface area contributed by atoms with Gasteiger partial charge in [0.05, 0.1) is 19.5 Å². The molecule has 2 saturated heterocycles. The molecule has 2 aromatic carbocycles. The third kappa shape index (κ3) is 7.93. The van der Waals surface area contributed by atoms with Crippen LogP contribution in [0.4, 0.5) is 0 Å². The molecule has 4 bridgehead atoms. The molecule has 7 atom stereocenters. The Hall–Kier alpha value is -5.07. The molecule has 3 N–H and O–H groups in total. The number of allylic oxidation sites excluding steroid dienone is 6. The first kappa shape index (κ1) is 45.0. The monoisotopic (exact) mass is 934 g/mol. The van der Waals surface area contributed by atoms with Gasteiger partial charge in [0.25, 0.3) is 0 Å². The number of hydrogen-bond acceptors (Lipinski definition) is 12. The maximum atomic E-state index is 12.9. The highest BCUT2D eigenvalue weighted by molar-refractivity contribution is 9.10. The number of phenols is 2. The lowest BCUT2D eigenvalue weighted by atomic mass is 9.53. The number of carbonyl (C=O) groups excluding carboxylic acids is 3. The lowest BCUT2D eigenvalue weighted by Crippen LogP contribution is -2.61. The fraction of sp³-hybridized carbons (Fsp3) is 0.367. The van der Waals surface area contributed by atoms with Gasteiger partial charge in [-0.15, -0.1) is 11.8 Å². The second-order valence-electron chi connectivity index (χ2n) is 16.3. The summed E-state index contributed by atoms with van der Waals surface area (Å²) < 4.78 is 11.7. The fourth-order valence-electron chi connectivity index (χ4n) is 10.5. The van der Waals surface area contributed by atoms with Gasteiger partial charge in [-0.3, -0.25) is 19.3 Å². The average molecular weight is 936 g/mol. The first-order valence-electron chi connectivity index (χ1n) is 20.1. The van der Waals surface area contributed by atoms with Crippen LogP contribution in [-0.2, 0) is 29.3 Å². The molecule has 62 heavy (non-hydrogen) atoms. The molecule has 2 aliphatic heterocycles. The van der Waals surface area contributed by atoms with Crippen molar-refractivity contribution in [2.75, 3.05) is 41.4 Å². The minimum absolute atomic E-state index is 0.00736. The van der Waals surface area contributed by atoms with Crippen molar-refractivity contribution in [2.45, 2.75) is 60.3 Å². The molecule has 2 heterocycles. The van der Waals surface area contributed by atoms with Crippen molar-refractivity contribution < 1.29 is 39.2 Å². The van der Waals surface area contributed by atoms with Crippen LogP contribution in [0.2, 0.25) is 0 Å². The van der Waals surface area contributed by atoms with Crippen molar-refractivity contribution in [3.05, 3.63) is 111 Å². The highest BCUT2D eigenvalue weighted by Gasteiger charge is 2.60. The van der Waals surface area contributed by atoms with Crippen molar-refractivity contribution in [2.24, 2.45) is 17.3 Å². The number of ether oxygens (including phenoxy) is 2. The number of likely N-dealkylation sites (N-methyl/N-ethyl adjacent to an activating group) is 2. The maximum Gasteiger partial charge on any atom is 0.220 e. The zero-order chi connectivity index (χ0) is 44.5. The van der Waals surface area contributed by atoms with E-state index in [0.717, 1.165) is 52.0 Å². The van der Waals surface area contributed by atoms with Crippen LogP contribution in [0.5, 0.6) is 11.5 Å². The van der Waals surface area contributed by atoms with E-state index in [4.69, 9.17) is 9.47 Å². The predicted molar refractivity (Wildman–Crippen MR) is 245 cm³/mol. The Morgan fingerprint density at radius 1 is 0.806 bits per heavy atom. The van der Waals surface area contributed by atoms with E-state index in [1.807, 2.05) is 30.4 Å². The number of phenolic OH excluding ortho intramolecular Hbond substituents is 2. The molecule has 7 aliphatic rings. The Morgan fingerprint density at radius 3 is 2.10 bits per heavy atom. The Kier molecular flexibility index (Phi) is 13.3. The number of methoxy groups -OCH3 is 2. The molecule has 0 aromatic heterocycles. The Bertz CT molecular complexity index is 2540. The molecule has 5 aliphatic carbocycles. The van der Waals surface area contributed by atoms with Crippen LogP contribution in [-0.4, -0.2) is 96.0 Å². The number of halogens is 1. The first-order valence-corrected chi connectivity index (χ1v) is 22.3. The number of carbonyl (C=O) groups is 3. The van der Waals surface area contributed by atoms with E-state index in [9.17, 15) is 29.7 Å². The maximum absolute atomic E-state index is 12.9. The van der Waals surface area contributed by atoms with Crippen LogP contribution in [0.25, 0.3) is 0 Å². The summed E-state index contributed by atoms with van der Waals surface area (Å²) >= 11 is 8.86. The molecule has 0 amide bonds. The third-order valence-corrected chi connectivity index (χ3v) is 15.2. The quantitative estimate of drug-likeness (QED) is 0.139. The van der Waals surface area contributed by atoms with Gasteiger partial charge < -0.3 is 29.7 Å². The number of aromatic hydroxyl groups is 2. The number of rotatable bonds is 4. The molecule has 0 radical (unpaired) electrons. The van der Waals surface area contributed by atoms with Crippen molar-refractivity contribution in [1.29, 1.82) is 0 Å². The van der Waals surface area contributed by atoms with Crippen LogP contribution in [0.3, 0.4) is 0 Å². The lowest BCUT2D eigenvalue weighted by Gasteiger charge is -2.58. The first-order chi connectivity index (χ1) is 29.7. The predicted octanol–water partition coefficient (Wildman–Crippen LogP) is 7.36. The van der Waals surface area contributed by atoms with E-state index in [2.05, 4.69) is 106 Å². The summed E-state index contributed by atoms with van der Waals surface area (Å²) in [6.07, 6.45) is 11.2. The molecule has 0 spiro atoms. The summed E-state index contributed by atoms with van der Waals surface area (Å²) in [6, 6.07) is 12.0. The molecule has 9 rings (SSSR count). The molecule has 2 aromatic rings. The van der Waals surface area contributed by atoms with Crippen LogP contribution in [0, 0.1) is 52.1 Å². The molecule has 13 heteroatoms. The SMILES string of the molecule is CC#CC#CC#CS.COC1=CC2[C@@H]3C=C4C=CC(=O)C(O)=C4[C@]2(CCN3C)CC1=O.COC1=CC2[C@@H]3[C@H](Sc4ccc(Br)cc4)c4ccc(O)c(O)c4[C@]2(CCN3C)CC1=O. The number of aliphatic hydroxyl groups excluding tert-OH is 1. The van der Waals surface area contributed by atoms with E-state index < -0.39 is 10.8 Å². The Balaban J connectivity index is 0.000000164. The van der Waals surface area contributed by atoms with Gasteiger partial charge in [0.1, 0.15) is 0 Å². The minimum Gasteiger partial charge on any atom is -0.504 e.